The van der Waals surface area contributed by atoms with Gasteiger partial charge in [-0.15, -0.1) is 11.3 Å². The number of carbonyl (C=O) groups excluding carboxylic acids is 1. The van der Waals surface area contributed by atoms with Gasteiger partial charge in [0.2, 0.25) is 10.0 Å². The van der Waals surface area contributed by atoms with Gasteiger partial charge in [-0.1, -0.05) is 18.2 Å². The number of benzene rings is 1. The van der Waals surface area contributed by atoms with E-state index in [-0.39, 0.29) is 16.3 Å². The van der Waals surface area contributed by atoms with Crippen molar-refractivity contribution in [2.75, 3.05) is 13.7 Å². The Bertz CT molecular complexity index is 768. The number of rotatable bonds is 5. The fourth-order valence-electron chi connectivity index (χ4n) is 1.89. The van der Waals surface area contributed by atoms with E-state index in [1.165, 1.54) is 7.11 Å². The minimum Gasteiger partial charge on any atom is -0.465 e. The van der Waals surface area contributed by atoms with Crippen LogP contribution in [-0.4, -0.2) is 34.1 Å². The maximum atomic E-state index is 12.6. The molecule has 1 aromatic heterocycles. The predicted molar refractivity (Wildman–Crippen MR) is 82.0 cm³/mol. The molecule has 8 heteroatoms. The topological polar surface area (TPSA) is 98.5 Å². The van der Waals surface area contributed by atoms with E-state index in [0.29, 0.717) is 10.1 Å². The van der Waals surface area contributed by atoms with Crippen molar-refractivity contribution in [3.8, 4) is 0 Å². The average Bonchev–Trinajstić information content (AvgIpc) is 2.86. The fourth-order valence-corrected chi connectivity index (χ4v) is 4.96. The molecule has 0 unspecified atom stereocenters. The maximum absolute atomic E-state index is 12.6. The molecule has 0 radical (unpaired) electrons. The Morgan fingerprint density at radius 3 is 2.71 bits per heavy atom. The third-order valence-electron chi connectivity index (χ3n) is 2.90. The maximum Gasteiger partial charge on any atom is 0.349 e. The van der Waals surface area contributed by atoms with Crippen LogP contribution in [0.4, 0.5) is 0 Å². The fraction of sp³-hybridized carbons (Fsp3) is 0.308. The molecule has 0 aliphatic carbocycles. The lowest BCUT2D eigenvalue weighted by Crippen LogP contribution is -2.38. The van der Waals surface area contributed by atoms with Crippen molar-refractivity contribution >= 4 is 37.4 Å². The number of methoxy groups -OCH3 is 1. The molecule has 2 aromatic rings. The average molecular weight is 328 g/mol. The molecule has 0 amide bonds. The van der Waals surface area contributed by atoms with Crippen LogP contribution in [-0.2, 0) is 14.8 Å². The van der Waals surface area contributed by atoms with E-state index in [1.54, 1.807) is 31.2 Å². The van der Waals surface area contributed by atoms with E-state index in [0.717, 1.165) is 11.3 Å². The van der Waals surface area contributed by atoms with Crippen LogP contribution in [0, 0.1) is 0 Å². The summed E-state index contributed by atoms with van der Waals surface area (Å²) in [5, 5.41) is 0.500. The van der Waals surface area contributed by atoms with Gasteiger partial charge in [-0.05, 0) is 13.0 Å². The van der Waals surface area contributed by atoms with E-state index < -0.39 is 22.0 Å². The Labute approximate surface area is 127 Å². The van der Waals surface area contributed by atoms with Crippen LogP contribution < -0.4 is 10.5 Å². The van der Waals surface area contributed by atoms with Crippen LogP contribution in [0.2, 0.25) is 0 Å². The second kappa shape index (κ2) is 6.10. The van der Waals surface area contributed by atoms with Gasteiger partial charge in [0, 0.05) is 22.7 Å². The number of esters is 1. The lowest BCUT2D eigenvalue weighted by atomic mass is 10.2. The van der Waals surface area contributed by atoms with Crippen molar-refractivity contribution < 1.29 is 17.9 Å². The molecule has 0 saturated carbocycles. The van der Waals surface area contributed by atoms with Gasteiger partial charge >= 0.3 is 5.97 Å². The highest BCUT2D eigenvalue weighted by atomic mass is 32.2. The van der Waals surface area contributed by atoms with Gasteiger partial charge in [-0.3, -0.25) is 0 Å². The van der Waals surface area contributed by atoms with Gasteiger partial charge in [0.1, 0.15) is 9.77 Å². The van der Waals surface area contributed by atoms with Gasteiger partial charge in [0.05, 0.1) is 7.11 Å². The zero-order valence-corrected chi connectivity index (χ0v) is 13.3. The summed E-state index contributed by atoms with van der Waals surface area (Å²) in [4.78, 5) is 11.9. The molecule has 0 bridgehead atoms. The van der Waals surface area contributed by atoms with Gasteiger partial charge in [0.25, 0.3) is 0 Å². The minimum absolute atomic E-state index is 0.0461. The molecule has 0 aliphatic rings. The van der Waals surface area contributed by atoms with E-state index in [2.05, 4.69) is 9.46 Å². The van der Waals surface area contributed by atoms with Crippen molar-refractivity contribution in [1.29, 1.82) is 0 Å². The molecular formula is C13H16N2O4S2. The number of nitrogens with one attached hydrogen (secondary N) is 1. The first kappa shape index (κ1) is 15.9. The molecule has 21 heavy (non-hydrogen) atoms. The van der Waals surface area contributed by atoms with E-state index in [1.807, 2.05) is 0 Å². The van der Waals surface area contributed by atoms with Gasteiger partial charge < -0.3 is 10.5 Å². The number of carbonyl (C=O) groups is 1. The molecule has 3 N–H and O–H groups in total. The second-order valence-corrected chi connectivity index (χ2v) is 7.21. The number of hydrogen-bond acceptors (Lipinski definition) is 6. The lowest BCUT2D eigenvalue weighted by Gasteiger charge is -2.12. The Kier molecular flexibility index (Phi) is 4.62. The highest BCUT2D eigenvalue weighted by Crippen LogP contribution is 2.35. The van der Waals surface area contributed by atoms with E-state index >= 15 is 0 Å². The molecule has 0 aliphatic heterocycles. The molecule has 0 saturated heterocycles. The minimum atomic E-state index is -3.86. The number of hydrogen-bond donors (Lipinski definition) is 2. The van der Waals surface area contributed by atoms with Crippen LogP contribution >= 0.6 is 11.3 Å². The van der Waals surface area contributed by atoms with Crippen LogP contribution in [0.3, 0.4) is 0 Å². The third kappa shape index (κ3) is 3.08. The number of thiophene rings is 1. The SMILES string of the molecule is COC(=O)c1sc2ccccc2c1S(=O)(=O)N[C@@H](C)CN. The molecule has 1 heterocycles. The zero-order valence-electron chi connectivity index (χ0n) is 11.6. The zero-order chi connectivity index (χ0) is 15.6. The molecule has 1 atom stereocenters. The third-order valence-corrected chi connectivity index (χ3v) is 5.85. The first-order valence-electron chi connectivity index (χ1n) is 6.23. The Morgan fingerprint density at radius 1 is 1.43 bits per heavy atom. The number of ether oxygens (including phenoxy) is 1. The smallest absolute Gasteiger partial charge is 0.349 e. The standard InChI is InChI=1S/C13H16N2O4S2/c1-8(7-14)15-21(17,18)12-9-5-3-4-6-10(9)20-11(12)13(16)19-2/h3-6,8,15H,7,14H2,1-2H3/t8-/m0/s1. The Balaban J connectivity index is 2.68. The molecule has 1 aromatic carbocycles. The summed E-state index contributed by atoms with van der Waals surface area (Å²) in [7, 11) is -2.64. The van der Waals surface area contributed by atoms with Gasteiger partial charge in [0.15, 0.2) is 0 Å². The van der Waals surface area contributed by atoms with Crippen molar-refractivity contribution in [3.63, 3.8) is 0 Å². The van der Waals surface area contributed by atoms with Crippen molar-refractivity contribution in [1.82, 2.24) is 4.72 Å². The number of sulfonamides is 1. The van der Waals surface area contributed by atoms with E-state index in [4.69, 9.17) is 5.73 Å². The summed E-state index contributed by atoms with van der Waals surface area (Å²) in [6, 6.07) is 6.50. The summed E-state index contributed by atoms with van der Waals surface area (Å²) in [5.74, 6) is -0.669. The van der Waals surface area contributed by atoms with Crippen LogP contribution in [0.15, 0.2) is 29.2 Å². The lowest BCUT2D eigenvalue weighted by molar-refractivity contribution is 0.0602. The molecule has 114 valence electrons. The summed E-state index contributed by atoms with van der Waals surface area (Å²) < 4.78 is 33.0. The van der Waals surface area contributed by atoms with Crippen LogP contribution in [0.5, 0.6) is 0 Å². The van der Waals surface area contributed by atoms with Crippen molar-refractivity contribution in [2.45, 2.75) is 17.9 Å². The monoisotopic (exact) mass is 328 g/mol. The van der Waals surface area contributed by atoms with Crippen LogP contribution in [0.1, 0.15) is 16.6 Å². The molecule has 6 nitrogen and oxygen atoms in total. The Morgan fingerprint density at radius 2 is 2.10 bits per heavy atom. The molecule has 2 rings (SSSR count). The summed E-state index contributed by atoms with van der Waals surface area (Å²) in [6.07, 6.45) is 0. The number of fused-ring (bicyclic) bond motifs is 1. The van der Waals surface area contributed by atoms with Crippen LogP contribution in [0.25, 0.3) is 10.1 Å². The Hall–Kier alpha value is -1.48. The second-order valence-electron chi connectivity index (χ2n) is 4.51. The van der Waals surface area contributed by atoms with Crippen molar-refractivity contribution in [3.05, 3.63) is 29.1 Å². The predicted octanol–water partition coefficient (Wildman–Crippen LogP) is 1.31. The first-order chi connectivity index (χ1) is 9.90. The quantitative estimate of drug-likeness (QED) is 0.807. The van der Waals surface area contributed by atoms with Gasteiger partial charge in [-0.2, -0.15) is 0 Å². The van der Waals surface area contributed by atoms with Gasteiger partial charge in [-0.25, -0.2) is 17.9 Å². The summed E-state index contributed by atoms with van der Waals surface area (Å²) in [6.45, 7) is 1.82. The highest BCUT2D eigenvalue weighted by molar-refractivity contribution is 7.90. The first-order valence-corrected chi connectivity index (χ1v) is 8.53. The summed E-state index contributed by atoms with van der Waals surface area (Å²) in [5.41, 5.74) is 5.45. The van der Waals surface area contributed by atoms with E-state index in [9.17, 15) is 13.2 Å². The largest absolute Gasteiger partial charge is 0.465 e. The molecule has 0 spiro atoms. The summed E-state index contributed by atoms with van der Waals surface area (Å²) >= 11 is 1.09. The molecular weight excluding hydrogens is 312 g/mol. The highest BCUT2D eigenvalue weighted by Gasteiger charge is 2.29. The number of nitrogens with two attached hydrogens (primary N) is 1. The molecule has 0 fully saturated rings. The normalized spacial score (nSPS) is 13.3. The van der Waals surface area contributed by atoms with Crippen molar-refractivity contribution in [2.24, 2.45) is 5.73 Å².